The number of likely N-dealkylation sites (tertiary alicyclic amines) is 1. The Balaban J connectivity index is 1.56. The molecule has 1 unspecified atom stereocenters. The number of aryl methyl sites for hydroxylation is 2. The van der Waals surface area contributed by atoms with Crippen LogP contribution in [0.3, 0.4) is 0 Å². The molecule has 7 heteroatoms. The van der Waals surface area contributed by atoms with E-state index < -0.39 is 0 Å². The van der Waals surface area contributed by atoms with Gasteiger partial charge in [-0.25, -0.2) is 0 Å². The molecule has 0 saturated carbocycles. The molecule has 0 radical (unpaired) electrons. The van der Waals surface area contributed by atoms with Crippen molar-refractivity contribution in [2.75, 3.05) is 20.2 Å². The van der Waals surface area contributed by atoms with Gasteiger partial charge in [0.05, 0.1) is 13.7 Å². The number of benzene rings is 1. The second-order valence-corrected chi connectivity index (χ2v) is 7.97. The average molecular weight is 449 g/mol. The minimum absolute atomic E-state index is 0.0872. The topological polar surface area (TPSA) is 60.8 Å². The van der Waals surface area contributed by atoms with E-state index in [9.17, 15) is 9.59 Å². The standard InChI is InChI=1S/C21H25BrN2O4/c1-14-10-18(12-21(26)23(14)2)28-17-8-9-24(13-17)20(25)7-4-15-11-16(22)5-6-19(15)27-3/h5-6,10-12,17H,4,7-9,13H2,1-3H3. The van der Waals surface area contributed by atoms with Crippen molar-refractivity contribution in [2.24, 2.45) is 7.05 Å². The molecule has 1 aliphatic heterocycles. The fourth-order valence-electron chi connectivity index (χ4n) is 3.39. The molecule has 2 heterocycles. The van der Waals surface area contributed by atoms with Crippen LogP contribution in [0.1, 0.15) is 24.1 Å². The van der Waals surface area contributed by atoms with Crippen LogP contribution in [0.2, 0.25) is 0 Å². The van der Waals surface area contributed by atoms with Crippen LogP contribution in [0.4, 0.5) is 0 Å². The highest BCUT2D eigenvalue weighted by molar-refractivity contribution is 9.10. The number of aromatic nitrogens is 1. The highest BCUT2D eigenvalue weighted by Crippen LogP contribution is 2.25. The number of hydrogen-bond acceptors (Lipinski definition) is 4. The summed E-state index contributed by atoms with van der Waals surface area (Å²) in [5.41, 5.74) is 1.76. The van der Waals surface area contributed by atoms with Gasteiger partial charge in [0.2, 0.25) is 5.91 Å². The van der Waals surface area contributed by atoms with E-state index in [0.717, 1.165) is 27.9 Å². The lowest BCUT2D eigenvalue weighted by molar-refractivity contribution is -0.130. The van der Waals surface area contributed by atoms with Gasteiger partial charge in [-0.15, -0.1) is 0 Å². The Kier molecular flexibility index (Phi) is 6.44. The molecule has 28 heavy (non-hydrogen) atoms. The number of carbonyl (C=O) groups excluding carboxylic acids is 1. The Morgan fingerprint density at radius 1 is 1.29 bits per heavy atom. The SMILES string of the molecule is COc1ccc(Br)cc1CCC(=O)N1CCC(Oc2cc(C)n(C)c(=O)c2)C1. The Morgan fingerprint density at radius 3 is 2.79 bits per heavy atom. The summed E-state index contributed by atoms with van der Waals surface area (Å²) in [4.78, 5) is 26.4. The van der Waals surface area contributed by atoms with Crippen molar-refractivity contribution in [3.63, 3.8) is 0 Å². The van der Waals surface area contributed by atoms with Crippen molar-refractivity contribution in [2.45, 2.75) is 32.3 Å². The average Bonchev–Trinajstić information content (AvgIpc) is 3.12. The maximum Gasteiger partial charge on any atom is 0.254 e. The summed E-state index contributed by atoms with van der Waals surface area (Å²) in [7, 11) is 3.37. The van der Waals surface area contributed by atoms with E-state index in [4.69, 9.17) is 9.47 Å². The van der Waals surface area contributed by atoms with E-state index in [1.54, 1.807) is 18.7 Å². The molecule has 1 aromatic heterocycles. The number of nitrogens with zero attached hydrogens (tertiary/aromatic N) is 2. The van der Waals surface area contributed by atoms with Crippen LogP contribution in [-0.4, -0.2) is 41.7 Å². The molecule has 0 N–H and O–H groups in total. The highest BCUT2D eigenvalue weighted by atomic mass is 79.9. The first kappa shape index (κ1) is 20.5. The number of amides is 1. The Labute approximate surface area is 173 Å². The van der Waals surface area contributed by atoms with Gasteiger partial charge < -0.3 is 18.9 Å². The van der Waals surface area contributed by atoms with Crippen LogP contribution in [0.5, 0.6) is 11.5 Å². The molecule has 3 rings (SSSR count). The van der Waals surface area contributed by atoms with Gasteiger partial charge in [-0.05, 0) is 43.2 Å². The summed E-state index contributed by atoms with van der Waals surface area (Å²) in [6, 6.07) is 9.16. The van der Waals surface area contributed by atoms with Gasteiger partial charge >= 0.3 is 0 Å². The zero-order valence-electron chi connectivity index (χ0n) is 16.4. The summed E-state index contributed by atoms with van der Waals surface area (Å²) in [6.07, 6.45) is 1.72. The van der Waals surface area contributed by atoms with Gasteiger partial charge in [-0.2, -0.15) is 0 Å². The van der Waals surface area contributed by atoms with Crippen LogP contribution in [0.15, 0.2) is 39.6 Å². The third kappa shape index (κ3) is 4.76. The molecule has 150 valence electrons. The molecule has 0 spiro atoms. The lowest BCUT2D eigenvalue weighted by Crippen LogP contribution is -2.31. The van der Waals surface area contributed by atoms with Crippen LogP contribution in [0.25, 0.3) is 0 Å². The van der Waals surface area contributed by atoms with Crippen molar-refractivity contribution < 1.29 is 14.3 Å². The van der Waals surface area contributed by atoms with E-state index in [1.807, 2.05) is 36.1 Å². The second kappa shape index (κ2) is 8.82. The quantitative estimate of drug-likeness (QED) is 0.680. The molecule has 1 saturated heterocycles. The van der Waals surface area contributed by atoms with Crippen LogP contribution >= 0.6 is 15.9 Å². The fraction of sp³-hybridized carbons (Fsp3) is 0.429. The smallest absolute Gasteiger partial charge is 0.254 e. The number of rotatable bonds is 6. The van der Waals surface area contributed by atoms with Crippen LogP contribution in [-0.2, 0) is 18.3 Å². The lowest BCUT2D eigenvalue weighted by Gasteiger charge is -2.18. The number of ether oxygens (including phenoxy) is 2. The Hall–Kier alpha value is -2.28. The predicted molar refractivity (Wildman–Crippen MR) is 111 cm³/mol. The van der Waals surface area contributed by atoms with Crippen LogP contribution in [0, 0.1) is 6.92 Å². The van der Waals surface area contributed by atoms with Gasteiger partial charge in [-0.1, -0.05) is 15.9 Å². The number of carbonyl (C=O) groups is 1. The second-order valence-electron chi connectivity index (χ2n) is 7.05. The molecule has 1 aliphatic rings. The number of pyridine rings is 1. The Morgan fingerprint density at radius 2 is 2.07 bits per heavy atom. The molecule has 1 amide bonds. The molecular formula is C21H25BrN2O4. The third-order valence-electron chi connectivity index (χ3n) is 5.13. The van der Waals surface area contributed by atoms with Gasteiger partial charge in [0.15, 0.2) is 0 Å². The monoisotopic (exact) mass is 448 g/mol. The number of methoxy groups -OCH3 is 1. The van der Waals surface area contributed by atoms with E-state index >= 15 is 0 Å². The largest absolute Gasteiger partial charge is 0.496 e. The molecular weight excluding hydrogens is 424 g/mol. The van der Waals surface area contributed by atoms with Crippen molar-refractivity contribution in [1.82, 2.24) is 9.47 Å². The van der Waals surface area contributed by atoms with Crippen LogP contribution < -0.4 is 15.0 Å². The first-order valence-corrected chi connectivity index (χ1v) is 10.1. The molecule has 0 bridgehead atoms. The maximum atomic E-state index is 12.6. The predicted octanol–water partition coefficient (Wildman–Crippen LogP) is 3.08. The maximum absolute atomic E-state index is 12.6. The zero-order valence-corrected chi connectivity index (χ0v) is 18.0. The van der Waals surface area contributed by atoms with Gasteiger partial charge in [0.25, 0.3) is 5.56 Å². The first-order chi connectivity index (χ1) is 13.4. The molecule has 1 fully saturated rings. The fourth-order valence-corrected chi connectivity index (χ4v) is 3.80. The van der Waals surface area contributed by atoms with Crippen molar-refractivity contribution in [3.8, 4) is 11.5 Å². The summed E-state index contributed by atoms with van der Waals surface area (Å²) < 4.78 is 13.9. The summed E-state index contributed by atoms with van der Waals surface area (Å²) in [5, 5.41) is 0. The number of halogens is 1. The zero-order chi connectivity index (χ0) is 20.3. The molecule has 0 aliphatic carbocycles. The minimum Gasteiger partial charge on any atom is -0.496 e. The van der Waals surface area contributed by atoms with Gasteiger partial charge in [-0.3, -0.25) is 9.59 Å². The van der Waals surface area contributed by atoms with E-state index in [1.165, 1.54) is 6.07 Å². The third-order valence-corrected chi connectivity index (χ3v) is 5.62. The number of hydrogen-bond donors (Lipinski definition) is 0. The molecule has 1 atom stereocenters. The van der Waals surface area contributed by atoms with E-state index in [2.05, 4.69) is 15.9 Å². The van der Waals surface area contributed by atoms with Crippen molar-refractivity contribution in [3.05, 3.63) is 56.4 Å². The lowest BCUT2D eigenvalue weighted by atomic mass is 10.1. The summed E-state index contributed by atoms with van der Waals surface area (Å²) in [5.74, 6) is 1.46. The molecule has 2 aromatic rings. The normalized spacial score (nSPS) is 16.3. The van der Waals surface area contributed by atoms with Gasteiger partial charge in [0.1, 0.15) is 17.6 Å². The highest BCUT2D eigenvalue weighted by Gasteiger charge is 2.27. The minimum atomic E-state index is -0.0936. The van der Waals surface area contributed by atoms with Crippen molar-refractivity contribution in [1.29, 1.82) is 0 Å². The van der Waals surface area contributed by atoms with E-state index in [-0.39, 0.29) is 17.6 Å². The van der Waals surface area contributed by atoms with Crippen molar-refractivity contribution >= 4 is 21.8 Å². The van der Waals surface area contributed by atoms with E-state index in [0.29, 0.717) is 31.7 Å². The summed E-state index contributed by atoms with van der Waals surface area (Å²) in [6.45, 7) is 3.08. The first-order valence-electron chi connectivity index (χ1n) is 9.32. The summed E-state index contributed by atoms with van der Waals surface area (Å²) >= 11 is 3.46. The molecule has 6 nitrogen and oxygen atoms in total. The molecule has 1 aromatic carbocycles. The van der Waals surface area contributed by atoms with Gasteiger partial charge in [0, 0.05) is 42.7 Å². The Bertz CT molecular complexity index is 925.